The van der Waals surface area contributed by atoms with E-state index in [1.54, 1.807) is 28.5 Å². The minimum atomic E-state index is -1.04. The van der Waals surface area contributed by atoms with Crippen molar-refractivity contribution in [3.05, 3.63) is 40.4 Å². The molecule has 0 bridgehead atoms. The molecule has 0 aliphatic carbocycles. The lowest BCUT2D eigenvalue weighted by molar-refractivity contribution is -0.131. The fourth-order valence-electron chi connectivity index (χ4n) is 1.67. The van der Waals surface area contributed by atoms with Gasteiger partial charge in [-0.05, 0) is 29.5 Å². The number of hydrogen-bond acceptors (Lipinski definition) is 5. The third-order valence-corrected chi connectivity index (χ3v) is 3.56. The largest absolute Gasteiger partial charge is 0.478 e. The summed E-state index contributed by atoms with van der Waals surface area (Å²) < 4.78 is 1.69. The van der Waals surface area contributed by atoms with Gasteiger partial charge in [-0.15, -0.1) is 16.4 Å². The van der Waals surface area contributed by atoms with Crippen molar-refractivity contribution in [3.8, 4) is 0 Å². The molecule has 110 valence electrons. The number of carboxylic acids is 1. The molecular formula is C13H14N4O3S. The quantitative estimate of drug-likeness (QED) is 0.593. The Morgan fingerprint density at radius 1 is 1.48 bits per heavy atom. The van der Waals surface area contributed by atoms with Crippen LogP contribution in [0.5, 0.6) is 0 Å². The first-order valence-corrected chi connectivity index (χ1v) is 7.15. The molecule has 0 aromatic carbocycles. The average Bonchev–Trinajstić information content (AvgIpc) is 3.12. The van der Waals surface area contributed by atoms with E-state index in [-0.39, 0.29) is 5.91 Å². The Kier molecular flexibility index (Phi) is 5.22. The molecule has 0 atom stereocenters. The van der Waals surface area contributed by atoms with Crippen LogP contribution in [0.3, 0.4) is 0 Å². The first kappa shape index (κ1) is 14.9. The van der Waals surface area contributed by atoms with Crippen molar-refractivity contribution < 1.29 is 14.7 Å². The summed E-state index contributed by atoms with van der Waals surface area (Å²) in [5.74, 6) is -1.24. The Morgan fingerprint density at radius 2 is 2.33 bits per heavy atom. The van der Waals surface area contributed by atoms with Crippen LogP contribution in [-0.2, 0) is 11.3 Å². The third kappa shape index (κ3) is 4.53. The molecule has 21 heavy (non-hydrogen) atoms. The molecule has 2 aromatic rings. The van der Waals surface area contributed by atoms with Crippen molar-refractivity contribution in [3.63, 3.8) is 0 Å². The Morgan fingerprint density at radius 3 is 3.05 bits per heavy atom. The van der Waals surface area contributed by atoms with E-state index in [9.17, 15) is 9.59 Å². The summed E-state index contributed by atoms with van der Waals surface area (Å²) >= 11 is 1.28. The van der Waals surface area contributed by atoms with Gasteiger partial charge in [-0.2, -0.15) is 0 Å². The first-order chi connectivity index (χ1) is 10.2. The van der Waals surface area contributed by atoms with E-state index in [0.29, 0.717) is 23.5 Å². The number of rotatable bonds is 7. The van der Waals surface area contributed by atoms with Crippen LogP contribution in [0, 0.1) is 0 Å². The molecule has 0 spiro atoms. The highest BCUT2D eigenvalue weighted by molar-refractivity contribution is 7.12. The van der Waals surface area contributed by atoms with E-state index in [2.05, 4.69) is 15.6 Å². The maximum Gasteiger partial charge on any atom is 0.328 e. The molecular weight excluding hydrogens is 292 g/mol. The molecule has 0 aliphatic rings. The van der Waals surface area contributed by atoms with E-state index >= 15 is 0 Å². The zero-order valence-electron chi connectivity index (χ0n) is 11.1. The number of carbonyl (C=O) groups excluding carboxylic acids is 1. The molecule has 2 rings (SSSR count). The minimum absolute atomic E-state index is 0.200. The number of carboxylic acid groups (broad SMARTS) is 1. The molecule has 0 unspecified atom stereocenters. The number of nitrogens with one attached hydrogen (secondary N) is 1. The lowest BCUT2D eigenvalue weighted by atomic mass is 10.2. The third-order valence-electron chi connectivity index (χ3n) is 2.63. The van der Waals surface area contributed by atoms with Crippen LogP contribution in [-0.4, -0.2) is 38.5 Å². The Hall–Kier alpha value is -2.48. The number of nitrogens with zero attached hydrogens (tertiary/aromatic N) is 3. The van der Waals surface area contributed by atoms with Gasteiger partial charge >= 0.3 is 5.97 Å². The predicted molar refractivity (Wildman–Crippen MR) is 78.0 cm³/mol. The van der Waals surface area contributed by atoms with E-state index in [1.807, 2.05) is 0 Å². The average molecular weight is 306 g/mol. The van der Waals surface area contributed by atoms with Gasteiger partial charge in [0.2, 0.25) is 0 Å². The number of aromatic nitrogens is 3. The van der Waals surface area contributed by atoms with Crippen molar-refractivity contribution in [2.24, 2.45) is 0 Å². The molecule has 7 nitrogen and oxygen atoms in total. The lowest BCUT2D eigenvalue weighted by Crippen LogP contribution is -2.25. The van der Waals surface area contributed by atoms with Gasteiger partial charge in [-0.25, -0.2) is 4.79 Å². The molecule has 2 aromatic heterocycles. The number of amides is 1. The predicted octanol–water partition coefficient (Wildman–Crippen LogP) is 1.26. The molecule has 8 heteroatoms. The molecule has 2 heterocycles. The van der Waals surface area contributed by atoms with Gasteiger partial charge in [0, 0.05) is 25.4 Å². The van der Waals surface area contributed by atoms with E-state index in [1.165, 1.54) is 17.4 Å². The van der Waals surface area contributed by atoms with Crippen molar-refractivity contribution >= 4 is 29.3 Å². The number of aliphatic carboxylic acids is 1. The fourth-order valence-corrected chi connectivity index (χ4v) is 2.47. The van der Waals surface area contributed by atoms with Gasteiger partial charge in [0.25, 0.3) is 5.91 Å². The van der Waals surface area contributed by atoms with Gasteiger partial charge < -0.3 is 10.4 Å². The summed E-state index contributed by atoms with van der Waals surface area (Å²) in [4.78, 5) is 23.0. The molecule has 1 amide bonds. The van der Waals surface area contributed by atoms with Crippen molar-refractivity contribution in [2.45, 2.75) is 13.0 Å². The van der Waals surface area contributed by atoms with Crippen LogP contribution in [0.15, 0.2) is 29.9 Å². The number of thiophene rings is 1. The van der Waals surface area contributed by atoms with Crippen molar-refractivity contribution in [1.82, 2.24) is 20.3 Å². The number of hydrogen-bond donors (Lipinski definition) is 2. The van der Waals surface area contributed by atoms with Crippen LogP contribution in [0.2, 0.25) is 0 Å². The van der Waals surface area contributed by atoms with Crippen LogP contribution in [0.4, 0.5) is 0 Å². The van der Waals surface area contributed by atoms with Gasteiger partial charge in [-0.1, -0.05) is 5.21 Å². The normalized spacial score (nSPS) is 10.9. The molecule has 0 saturated carbocycles. The molecule has 2 N–H and O–H groups in total. The second-order valence-electron chi connectivity index (χ2n) is 4.15. The maximum atomic E-state index is 12.0. The first-order valence-electron chi connectivity index (χ1n) is 6.27. The number of carbonyl (C=O) groups is 2. The highest BCUT2D eigenvalue weighted by Crippen LogP contribution is 2.18. The van der Waals surface area contributed by atoms with Crippen LogP contribution in [0.1, 0.15) is 21.7 Å². The second kappa shape index (κ2) is 7.34. The van der Waals surface area contributed by atoms with Gasteiger partial charge in [0.05, 0.1) is 11.1 Å². The summed E-state index contributed by atoms with van der Waals surface area (Å²) in [5.41, 5.74) is 0.608. The highest BCUT2D eigenvalue weighted by Gasteiger charge is 2.11. The van der Waals surface area contributed by atoms with Crippen molar-refractivity contribution in [1.29, 1.82) is 0 Å². The zero-order valence-corrected chi connectivity index (χ0v) is 11.9. The van der Waals surface area contributed by atoms with Crippen molar-refractivity contribution in [2.75, 3.05) is 6.54 Å². The topological polar surface area (TPSA) is 97.1 Å². The van der Waals surface area contributed by atoms with Gasteiger partial charge in [0.1, 0.15) is 0 Å². The minimum Gasteiger partial charge on any atom is -0.478 e. The van der Waals surface area contributed by atoms with Crippen LogP contribution < -0.4 is 5.32 Å². The lowest BCUT2D eigenvalue weighted by Gasteiger charge is -2.04. The standard InChI is InChI=1S/C13H14N4O3S/c18-11(19)3-2-10-4-9-21-12(10)13(20)14-5-1-7-17-8-6-15-16-17/h2-4,6,8-9H,1,5,7H2,(H,14,20)(H,18,19)/b3-2+. The Bertz CT molecular complexity index is 634. The Labute approximate surface area is 124 Å². The summed E-state index contributed by atoms with van der Waals surface area (Å²) in [6.45, 7) is 1.19. The smallest absolute Gasteiger partial charge is 0.328 e. The highest BCUT2D eigenvalue weighted by atomic mass is 32.1. The monoisotopic (exact) mass is 306 g/mol. The molecule has 0 radical (unpaired) electrons. The van der Waals surface area contributed by atoms with Gasteiger partial charge in [0.15, 0.2) is 0 Å². The summed E-state index contributed by atoms with van der Waals surface area (Å²) in [7, 11) is 0. The molecule has 0 aliphatic heterocycles. The molecule has 0 fully saturated rings. The Balaban J connectivity index is 1.83. The number of aryl methyl sites for hydroxylation is 1. The maximum absolute atomic E-state index is 12.0. The molecule has 0 saturated heterocycles. The second-order valence-corrected chi connectivity index (χ2v) is 5.07. The summed E-state index contributed by atoms with van der Waals surface area (Å²) in [6, 6.07) is 1.72. The van der Waals surface area contributed by atoms with Gasteiger partial charge in [-0.3, -0.25) is 9.48 Å². The van der Waals surface area contributed by atoms with Crippen LogP contribution >= 0.6 is 11.3 Å². The van der Waals surface area contributed by atoms with E-state index < -0.39 is 5.97 Å². The zero-order chi connectivity index (χ0) is 15.1. The fraction of sp³-hybridized carbons (Fsp3) is 0.231. The summed E-state index contributed by atoms with van der Waals surface area (Å²) in [5, 5.41) is 20.7. The van der Waals surface area contributed by atoms with E-state index in [0.717, 1.165) is 12.5 Å². The van der Waals surface area contributed by atoms with Crippen LogP contribution in [0.25, 0.3) is 6.08 Å². The SMILES string of the molecule is O=C(O)/C=C/c1ccsc1C(=O)NCCCn1ccnn1. The summed E-state index contributed by atoms with van der Waals surface area (Å²) in [6.07, 6.45) is 6.54. The van der Waals surface area contributed by atoms with E-state index in [4.69, 9.17) is 5.11 Å².